The summed E-state index contributed by atoms with van der Waals surface area (Å²) >= 11 is 0. The van der Waals surface area contributed by atoms with Crippen LogP contribution in [0.5, 0.6) is 0 Å². The molecule has 0 unspecified atom stereocenters. The van der Waals surface area contributed by atoms with Crippen molar-refractivity contribution in [1.82, 2.24) is 14.2 Å². The lowest BCUT2D eigenvalue weighted by atomic mass is 10.4. The van der Waals surface area contributed by atoms with Crippen LogP contribution in [0.3, 0.4) is 0 Å². The maximum atomic E-state index is 12.2. The largest absolute Gasteiger partial charge is 0.477 e. The molecule has 8 heteroatoms. The zero-order valence-electron chi connectivity index (χ0n) is 12.7. The van der Waals surface area contributed by atoms with Crippen molar-refractivity contribution in [3.63, 3.8) is 0 Å². The fraction of sp³-hybridized carbons (Fsp3) is 0.615. The van der Waals surface area contributed by atoms with E-state index in [1.807, 2.05) is 13.8 Å². The zero-order chi connectivity index (χ0) is 16.0. The van der Waals surface area contributed by atoms with E-state index in [0.29, 0.717) is 19.6 Å². The minimum absolute atomic E-state index is 0.0127. The number of nitrogens with zero attached hydrogens (tertiary/aromatic N) is 2. The van der Waals surface area contributed by atoms with Crippen LogP contribution in [-0.2, 0) is 16.6 Å². The fourth-order valence-corrected chi connectivity index (χ4v) is 3.09. The molecular weight excluding hydrogens is 294 g/mol. The minimum Gasteiger partial charge on any atom is -0.477 e. The Morgan fingerprint density at radius 3 is 2.38 bits per heavy atom. The fourth-order valence-electron chi connectivity index (χ4n) is 2.03. The van der Waals surface area contributed by atoms with Gasteiger partial charge in [-0.25, -0.2) is 17.9 Å². The van der Waals surface area contributed by atoms with E-state index >= 15 is 0 Å². The summed E-state index contributed by atoms with van der Waals surface area (Å²) in [6.45, 7) is 8.81. The van der Waals surface area contributed by atoms with Crippen molar-refractivity contribution < 1.29 is 18.3 Å². The standard InChI is InChI=1S/C13H23N3O4S/c1-4-15(5-2)8-7-14-21(19,20)11-9-12(13(17)18)16(6-3)10-11/h9-10,14H,4-8H2,1-3H3,(H,17,18). The summed E-state index contributed by atoms with van der Waals surface area (Å²) in [5.41, 5.74) is -0.0263. The molecule has 0 spiro atoms. The van der Waals surface area contributed by atoms with E-state index in [1.165, 1.54) is 16.8 Å². The van der Waals surface area contributed by atoms with Gasteiger partial charge in [-0.15, -0.1) is 0 Å². The van der Waals surface area contributed by atoms with E-state index in [9.17, 15) is 13.2 Å². The number of sulfonamides is 1. The molecule has 1 aromatic heterocycles. The Labute approximate surface area is 125 Å². The summed E-state index contributed by atoms with van der Waals surface area (Å²) in [5.74, 6) is -1.14. The van der Waals surface area contributed by atoms with Crippen LogP contribution >= 0.6 is 0 Å². The molecule has 0 amide bonds. The normalized spacial score (nSPS) is 12.0. The molecule has 0 radical (unpaired) electrons. The van der Waals surface area contributed by atoms with Crippen LogP contribution in [0.1, 0.15) is 31.3 Å². The Hall–Kier alpha value is -1.38. The average molecular weight is 317 g/mol. The van der Waals surface area contributed by atoms with E-state index in [-0.39, 0.29) is 10.6 Å². The Morgan fingerprint density at radius 2 is 1.95 bits per heavy atom. The van der Waals surface area contributed by atoms with E-state index in [4.69, 9.17) is 5.11 Å². The molecule has 0 atom stereocenters. The predicted molar refractivity (Wildman–Crippen MR) is 80.0 cm³/mol. The van der Waals surface area contributed by atoms with E-state index in [2.05, 4.69) is 9.62 Å². The van der Waals surface area contributed by atoms with Crippen molar-refractivity contribution in [3.8, 4) is 0 Å². The van der Waals surface area contributed by atoms with E-state index in [0.717, 1.165) is 13.1 Å². The van der Waals surface area contributed by atoms with Gasteiger partial charge in [-0.05, 0) is 26.1 Å². The second kappa shape index (κ2) is 7.58. The zero-order valence-corrected chi connectivity index (χ0v) is 13.5. The van der Waals surface area contributed by atoms with Crippen LogP contribution in [0.25, 0.3) is 0 Å². The van der Waals surface area contributed by atoms with Gasteiger partial charge in [0.05, 0.1) is 0 Å². The van der Waals surface area contributed by atoms with Crippen LogP contribution in [0.15, 0.2) is 17.2 Å². The molecule has 0 saturated heterocycles. The topological polar surface area (TPSA) is 91.6 Å². The summed E-state index contributed by atoms with van der Waals surface area (Å²) < 4.78 is 28.2. The van der Waals surface area contributed by atoms with Crippen molar-refractivity contribution in [1.29, 1.82) is 0 Å². The smallest absolute Gasteiger partial charge is 0.352 e. The van der Waals surface area contributed by atoms with E-state index < -0.39 is 16.0 Å². The summed E-state index contributed by atoms with van der Waals surface area (Å²) in [6, 6.07) is 1.19. The van der Waals surface area contributed by atoms with Gasteiger partial charge in [0.1, 0.15) is 10.6 Å². The first kappa shape index (κ1) is 17.7. The highest BCUT2D eigenvalue weighted by Gasteiger charge is 2.20. The average Bonchev–Trinajstić information content (AvgIpc) is 2.89. The number of carbonyl (C=O) groups is 1. The summed E-state index contributed by atoms with van der Waals surface area (Å²) in [7, 11) is -3.68. The number of carboxylic acid groups (broad SMARTS) is 1. The molecule has 0 saturated carbocycles. The second-order valence-corrected chi connectivity index (χ2v) is 6.34. The lowest BCUT2D eigenvalue weighted by Gasteiger charge is -2.17. The number of nitrogens with one attached hydrogen (secondary N) is 1. The van der Waals surface area contributed by atoms with Gasteiger partial charge in [0.25, 0.3) is 0 Å². The first-order chi connectivity index (χ1) is 9.85. The molecular formula is C13H23N3O4S. The van der Waals surface area contributed by atoms with Crippen molar-refractivity contribution in [2.75, 3.05) is 26.2 Å². The maximum absolute atomic E-state index is 12.2. The number of aromatic carboxylic acids is 1. The van der Waals surface area contributed by atoms with E-state index in [1.54, 1.807) is 6.92 Å². The molecule has 0 aliphatic heterocycles. The monoisotopic (exact) mass is 317 g/mol. The van der Waals surface area contributed by atoms with Crippen molar-refractivity contribution in [3.05, 3.63) is 18.0 Å². The lowest BCUT2D eigenvalue weighted by Crippen LogP contribution is -2.34. The third kappa shape index (κ3) is 4.55. The number of likely N-dealkylation sites (N-methyl/N-ethyl adjacent to an activating group) is 1. The van der Waals surface area contributed by atoms with Crippen molar-refractivity contribution >= 4 is 16.0 Å². The lowest BCUT2D eigenvalue weighted by molar-refractivity contribution is 0.0685. The molecule has 0 aromatic carbocycles. The van der Waals surface area contributed by atoms with Gasteiger partial charge in [0.15, 0.2) is 0 Å². The number of hydrogen-bond acceptors (Lipinski definition) is 4. The minimum atomic E-state index is -3.68. The highest BCUT2D eigenvalue weighted by atomic mass is 32.2. The predicted octanol–water partition coefficient (Wildman–Crippen LogP) is 0.826. The second-order valence-electron chi connectivity index (χ2n) is 4.58. The molecule has 0 bridgehead atoms. The molecule has 0 aliphatic carbocycles. The molecule has 1 rings (SSSR count). The Morgan fingerprint density at radius 1 is 1.33 bits per heavy atom. The number of carboxylic acids is 1. The molecule has 21 heavy (non-hydrogen) atoms. The van der Waals surface area contributed by atoms with Gasteiger partial charge < -0.3 is 14.6 Å². The molecule has 0 aliphatic rings. The van der Waals surface area contributed by atoms with Crippen molar-refractivity contribution in [2.24, 2.45) is 0 Å². The van der Waals surface area contributed by atoms with Gasteiger partial charge in [-0.1, -0.05) is 13.8 Å². The summed E-state index contributed by atoms with van der Waals surface area (Å²) in [6.07, 6.45) is 1.35. The van der Waals surface area contributed by atoms with Gasteiger partial charge in [0.2, 0.25) is 10.0 Å². The van der Waals surface area contributed by atoms with Gasteiger partial charge in [0, 0.05) is 25.8 Å². The maximum Gasteiger partial charge on any atom is 0.352 e. The quantitative estimate of drug-likeness (QED) is 0.704. The third-order valence-electron chi connectivity index (χ3n) is 3.36. The van der Waals surface area contributed by atoms with Gasteiger partial charge in [-0.3, -0.25) is 0 Å². The summed E-state index contributed by atoms with van der Waals surface area (Å²) in [4.78, 5) is 13.1. The number of aryl methyl sites for hydroxylation is 1. The van der Waals surface area contributed by atoms with Crippen LogP contribution in [-0.4, -0.2) is 55.1 Å². The first-order valence-electron chi connectivity index (χ1n) is 7.01. The first-order valence-corrected chi connectivity index (χ1v) is 8.49. The highest BCUT2D eigenvalue weighted by Crippen LogP contribution is 2.14. The Kier molecular flexibility index (Phi) is 6.38. The molecule has 120 valence electrons. The van der Waals surface area contributed by atoms with Crippen LogP contribution < -0.4 is 4.72 Å². The molecule has 2 N–H and O–H groups in total. The van der Waals surface area contributed by atoms with Gasteiger partial charge in [-0.2, -0.15) is 0 Å². The van der Waals surface area contributed by atoms with Gasteiger partial charge >= 0.3 is 5.97 Å². The molecule has 1 heterocycles. The molecule has 1 aromatic rings. The molecule has 7 nitrogen and oxygen atoms in total. The summed E-state index contributed by atoms with van der Waals surface area (Å²) in [5, 5.41) is 9.05. The number of hydrogen-bond donors (Lipinski definition) is 2. The Bertz CT molecular complexity index is 576. The van der Waals surface area contributed by atoms with Crippen LogP contribution in [0.4, 0.5) is 0 Å². The number of rotatable bonds is 9. The van der Waals surface area contributed by atoms with Crippen molar-refractivity contribution in [2.45, 2.75) is 32.2 Å². The number of aromatic nitrogens is 1. The molecule has 0 fully saturated rings. The SMILES string of the molecule is CCN(CC)CCNS(=O)(=O)c1cc(C(=O)O)n(CC)c1. The highest BCUT2D eigenvalue weighted by molar-refractivity contribution is 7.89. The third-order valence-corrected chi connectivity index (χ3v) is 4.78. The van der Waals surface area contributed by atoms with Crippen LogP contribution in [0.2, 0.25) is 0 Å². The van der Waals surface area contributed by atoms with Crippen LogP contribution in [0, 0.1) is 0 Å². The Balaban J connectivity index is 2.81.